The first kappa shape index (κ1) is 17.4. The van der Waals surface area contributed by atoms with Crippen molar-refractivity contribution in [2.24, 2.45) is 0 Å². The number of carbonyl (C=O) groups excluding carboxylic acids is 2. The van der Waals surface area contributed by atoms with Gasteiger partial charge in [-0.15, -0.1) is 0 Å². The summed E-state index contributed by atoms with van der Waals surface area (Å²) in [5, 5.41) is 9.43. The van der Waals surface area contributed by atoms with Crippen LogP contribution in [0.5, 0.6) is 0 Å². The number of carbonyl (C=O) groups is 2. The van der Waals surface area contributed by atoms with Crippen molar-refractivity contribution in [1.82, 2.24) is 5.16 Å². The highest BCUT2D eigenvalue weighted by Gasteiger charge is 2.11. The maximum Gasteiger partial charge on any atom is 0.230 e. The Bertz CT molecular complexity index is 912. The van der Waals surface area contributed by atoms with Crippen molar-refractivity contribution >= 4 is 23.2 Å². The maximum atomic E-state index is 12.2. The number of aromatic nitrogens is 1. The Morgan fingerprint density at radius 3 is 2.19 bits per heavy atom. The predicted molar refractivity (Wildman–Crippen MR) is 99.8 cm³/mol. The molecule has 6 nitrogen and oxygen atoms in total. The van der Waals surface area contributed by atoms with Crippen LogP contribution in [-0.2, 0) is 16.0 Å². The average molecular weight is 349 g/mol. The zero-order valence-corrected chi connectivity index (χ0v) is 14.6. The Labute approximate surface area is 151 Å². The Morgan fingerprint density at radius 2 is 1.58 bits per heavy atom. The minimum atomic E-state index is -0.193. The molecule has 0 aliphatic carbocycles. The molecular formula is C20H19N3O3. The number of nitrogens with one attached hydrogen (secondary N) is 2. The number of hydrogen-bond donors (Lipinski definition) is 2. The number of amides is 2. The smallest absolute Gasteiger partial charge is 0.230 e. The van der Waals surface area contributed by atoms with Gasteiger partial charge in [-0.2, -0.15) is 0 Å². The summed E-state index contributed by atoms with van der Waals surface area (Å²) >= 11 is 0. The highest BCUT2D eigenvalue weighted by molar-refractivity contribution is 5.93. The van der Waals surface area contributed by atoms with Crippen molar-refractivity contribution in [2.75, 3.05) is 10.6 Å². The van der Waals surface area contributed by atoms with Gasteiger partial charge in [0.15, 0.2) is 5.76 Å². The molecule has 0 saturated heterocycles. The summed E-state index contributed by atoms with van der Waals surface area (Å²) in [5.74, 6) is 0.297. The van der Waals surface area contributed by atoms with Crippen LogP contribution in [0.15, 0.2) is 59.1 Å². The van der Waals surface area contributed by atoms with Gasteiger partial charge in [0.1, 0.15) is 0 Å². The van der Waals surface area contributed by atoms with E-state index in [-0.39, 0.29) is 18.2 Å². The van der Waals surface area contributed by atoms with Gasteiger partial charge in [-0.25, -0.2) is 0 Å². The van der Waals surface area contributed by atoms with Gasteiger partial charge in [0, 0.05) is 29.9 Å². The third-order valence-electron chi connectivity index (χ3n) is 3.73. The molecule has 0 aliphatic rings. The lowest BCUT2D eigenvalue weighted by Gasteiger charge is -2.06. The van der Waals surface area contributed by atoms with Crippen LogP contribution in [0.1, 0.15) is 18.2 Å². The molecule has 132 valence electrons. The molecule has 3 rings (SSSR count). The van der Waals surface area contributed by atoms with Crippen molar-refractivity contribution < 1.29 is 14.1 Å². The number of rotatable bonds is 5. The second-order valence-corrected chi connectivity index (χ2v) is 6.03. The van der Waals surface area contributed by atoms with E-state index in [4.69, 9.17) is 4.52 Å². The third-order valence-corrected chi connectivity index (χ3v) is 3.73. The molecule has 0 spiro atoms. The molecule has 0 unspecified atom stereocenters. The molecule has 0 saturated carbocycles. The topological polar surface area (TPSA) is 84.2 Å². The van der Waals surface area contributed by atoms with Crippen molar-refractivity contribution in [3.8, 4) is 11.3 Å². The van der Waals surface area contributed by atoms with Crippen LogP contribution in [0.2, 0.25) is 0 Å². The van der Waals surface area contributed by atoms with Crippen LogP contribution >= 0.6 is 0 Å². The minimum absolute atomic E-state index is 0.114. The van der Waals surface area contributed by atoms with Crippen molar-refractivity contribution in [2.45, 2.75) is 20.3 Å². The second-order valence-electron chi connectivity index (χ2n) is 6.03. The molecule has 6 heteroatoms. The molecule has 0 radical (unpaired) electrons. The Morgan fingerprint density at radius 1 is 0.962 bits per heavy atom. The highest BCUT2D eigenvalue weighted by Crippen LogP contribution is 2.21. The molecular weight excluding hydrogens is 330 g/mol. The highest BCUT2D eigenvalue weighted by atomic mass is 16.5. The van der Waals surface area contributed by atoms with Crippen LogP contribution < -0.4 is 10.6 Å². The third kappa shape index (κ3) is 4.57. The maximum absolute atomic E-state index is 12.2. The monoisotopic (exact) mass is 349 g/mol. The normalized spacial score (nSPS) is 10.4. The molecule has 3 aromatic rings. The van der Waals surface area contributed by atoms with Gasteiger partial charge in [-0.1, -0.05) is 35.0 Å². The number of nitrogens with zero attached hydrogens (tertiary/aromatic N) is 1. The SMILES string of the molecule is CC(=O)Nc1ccc(NC(=O)Cc2cc(-c3ccc(C)cc3)on2)cc1. The summed E-state index contributed by atoms with van der Waals surface area (Å²) in [5.41, 5.74) is 3.97. The quantitative estimate of drug-likeness (QED) is 0.734. The van der Waals surface area contributed by atoms with Gasteiger partial charge in [0.05, 0.1) is 12.1 Å². The molecule has 2 amide bonds. The van der Waals surface area contributed by atoms with Gasteiger partial charge in [0.2, 0.25) is 11.8 Å². The van der Waals surface area contributed by atoms with E-state index < -0.39 is 0 Å². The molecule has 2 aromatic carbocycles. The van der Waals surface area contributed by atoms with Crippen molar-refractivity contribution in [3.63, 3.8) is 0 Å². The van der Waals surface area contributed by atoms with Crippen molar-refractivity contribution in [3.05, 3.63) is 65.9 Å². The minimum Gasteiger partial charge on any atom is -0.356 e. The molecule has 1 heterocycles. The van der Waals surface area contributed by atoms with Gasteiger partial charge >= 0.3 is 0 Å². The van der Waals surface area contributed by atoms with Crippen LogP contribution in [0.4, 0.5) is 11.4 Å². The van der Waals surface area contributed by atoms with Crippen molar-refractivity contribution in [1.29, 1.82) is 0 Å². The number of aryl methyl sites for hydroxylation is 1. The fourth-order valence-corrected chi connectivity index (χ4v) is 2.46. The number of benzene rings is 2. The zero-order chi connectivity index (χ0) is 18.5. The standard InChI is InChI=1S/C20H19N3O3/c1-13-3-5-15(6-4-13)19-11-18(23-26-19)12-20(25)22-17-9-7-16(8-10-17)21-14(2)24/h3-11H,12H2,1-2H3,(H,21,24)(H,22,25). The van der Waals surface area contributed by atoms with Crippen LogP contribution in [0, 0.1) is 6.92 Å². The molecule has 0 atom stereocenters. The first-order valence-electron chi connectivity index (χ1n) is 8.20. The largest absolute Gasteiger partial charge is 0.356 e. The van der Waals surface area contributed by atoms with E-state index in [0.717, 1.165) is 11.1 Å². The molecule has 0 fully saturated rings. The lowest BCUT2D eigenvalue weighted by Crippen LogP contribution is -2.14. The Kier molecular flexibility index (Phi) is 5.12. The summed E-state index contributed by atoms with van der Waals surface area (Å²) in [4.78, 5) is 23.2. The van der Waals surface area contributed by atoms with E-state index in [1.54, 1.807) is 30.3 Å². The van der Waals surface area contributed by atoms with E-state index in [1.807, 2.05) is 31.2 Å². The molecule has 0 bridgehead atoms. The van der Waals surface area contributed by atoms with Gasteiger partial charge in [-0.3, -0.25) is 9.59 Å². The number of hydrogen-bond acceptors (Lipinski definition) is 4. The van der Waals surface area contributed by atoms with E-state index in [0.29, 0.717) is 22.8 Å². The Balaban J connectivity index is 1.60. The van der Waals surface area contributed by atoms with E-state index in [1.165, 1.54) is 6.92 Å². The van der Waals surface area contributed by atoms with Gasteiger partial charge in [-0.05, 0) is 31.2 Å². The fraction of sp³-hybridized carbons (Fsp3) is 0.150. The molecule has 1 aromatic heterocycles. The summed E-state index contributed by atoms with van der Waals surface area (Å²) in [6.07, 6.45) is 0.114. The van der Waals surface area contributed by atoms with E-state index in [9.17, 15) is 9.59 Å². The molecule has 0 aliphatic heterocycles. The van der Waals surface area contributed by atoms with Crippen LogP contribution in [0.3, 0.4) is 0 Å². The summed E-state index contributed by atoms with van der Waals surface area (Å²) in [6, 6.07) is 16.6. The lowest BCUT2D eigenvalue weighted by molar-refractivity contribution is -0.116. The predicted octanol–water partition coefficient (Wildman–Crippen LogP) is 3.79. The van der Waals surface area contributed by atoms with Gasteiger partial charge < -0.3 is 15.2 Å². The van der Waals surface area contributed by atoms with Crippen LogP contribution in [0.25, 0.3) is 11.3 Å². The van der Waals surface area contributed by atoms with E-state index in [2.05, 4.69) is 15.8 Å². The second kappa shape index (κ2) is 7.65. The summed E-state index contributed by atoms with van der Waals surface area (Å²) < 4.78 is 5.32. The average Bonchev–Trinajstić information content (AvgIpc) is 3.05. The van der Waals surface area contributed by atoms with E-state index >= 15 is 0 Å². The first-order chi connectivity index (χ1) is 12.5. The fourth-order valence-electron chi connectivity index (χ4n) is 2.46. The zero-order valence-electron chi connectivity index (χ0n) is 14.6. The first-order valence-corrected chi connectivity index (χ1v) is 8.20. The Hall–Kier alpha value is -3.41. The number of anilines is 2. The summed E-state index contributed by atoms with van der Waals surface area (Å²) in [7, 11) is 0. The summed E-state index contributed by atoms with van der Waals surface area (Å²) in [6.45, 7) is 3.46. The van der Waals surface area contributed by atoms with Crippen LogP contribution in [-0.4, -0.2) is 17.0 Å². The lowest BCUT2D eigenvalue weighted by atomic mass is 10.1. The molecule has 2 N–H and O–H groups in total. The van der Waals surface area contributed by atoms with Gasteiger partial charge in [0.25, 0.3) is 0 Å². The molecule has 26 heavy (non-hydrogen) atoms.